The summed E-state index contributed by atoms with van der Waals surface area (Å²) in [5.74, 6) is -0.0224. The number of aryl methyl sites for hydroxylation is 1. The Morgan fingerprint density at radius 2 is 1.82 bits per heavy atom. The number of aliphatic imine (C=N–C) groups is 1. The van der Waals surface area contributed by atoms with Crippen molar-refractivity contribution in [2.75, 3.05) is 19.0 Å². The van der Waals surface area contributed by atoms with Crippen molar-refractivity contribution in [3.05, 3.63) is 52.5 Å². The zero-order chi connectivity index (χ0) is 15.9. The molecule has 0 fully saturated rings. The number of hydrogen-bond acceptors (Lipinski definition) is 4. The van der Waals surface area contributed by atoms with Crippen molar-refractivity contribution in [3.63, 3.8) is 0 Å². The maximum atomic E-state index is 12.5. The smallest absolute Gasteiger partial charge is 0.219 e. The number of ketones is 1. The number of nitrogens with zero attached hydrogens (tertiary/aromatic N) is 2. The van der Waals surface area contributed by atoms with Crippen LogP contribution in [-0.4, -0.2) is 24.9 Å². The second-order valence-corrected chi connectivity index (χ2v) is 6.82. The number of carbonyl (C=O) groups excluding carboxylic acids is 1. The van der Waals surface area contributed by atoms with E-state index in [2.05, 4.69) is 4.99 Å². The van der Waals surface area contributed by atoms with Crippen LogP contribution in [0.1, 0.15) is 15.9 Å². The fourth-order valence-corrected chi connectivity index (χ4v) is 3.79. The second-order valence-electron chi connectivity index (χ2n) is 5.35. The number of benzene rings is 2. The molecular formula is C17H15ClN2OS. The van der Waals surface area contributed by atoms with E-state index in [1.807, 2.05) is 62.3 Å². The lowest BCUT2D eigenvalue weighted by molar-refractivity contribution is 0.106. The number of thioether (sulfide) groups is 1. The van der Waals surface area contributed by atoms with E-state index in [1.54, 1.807) is 0 Å². The summed E-state index contributed by atoms with van der Waals surface area (Å²) >= 11 is 7.45. The quantitative estimate of drug-likeness (QED) is 0.797. The third-order valence-electron chi connectivity index (χ3n) is 3.49. The molecule has 0 unspecified atom stereocenters. The first-order chi connectivity index (χ1) is 10.5. The van der Waals surface area contributed by atoms with Crippen molar-refractivity contribution in [1.29, 1.82) is 0 Å². The average molecular weight is 331 g/mol. The molecule has 0 saturated carbocycles. The Labute approximate surface area is 139 Å². The van der Waals surface area contributed by atoms with Crippen LogP contribution < -0.4 is 4.90 Å². The number of Topliss-reactive ketones (excluding diaryl/α,β-unsaturated/α-hetero) is 1. The molecule has 3 rings (SSSR count). The number of hydrogen-bond donors (Lipinski definition) is 0. The highest BCUT2D eigenvalue weighted by Gasteiger charge is 2.29. The minimum absolute atomic E-state index is 0.0224. The van der Waals surface area contributed by atoms with Gasteiger partial charge in [-0.3, -0.25) is 4.79 Å². The Bertz CT molecular complexity index is 782. The SMILES string of the molecule is Cc1cc(Cl)cc2c1C(=O)C(=Nc1ccc(N(C)C)cc1)S2. The van der Waals surface area contributed by atoms with Gasteiger partial charge in [-0.2, -0.15) is 0 Å². The number of carbonyl (C=O) groups is 1. The van der Waals surface area contributed by atoms with Gasteiger partial charge in [0, 0.05) is 35.3 Å². The van der Waals surface area contributed by atoms with E-state index in [1.165, 1.54) is 11.8 Å². The van der Waals surface area contributed by atoms with Crippen LogP contribution in [0.2, 0.25) is 5.02 Å². The Hall–Kier alpha value is -1.78. The van der Waals surface area contributed by atoms with Crippen molar-refractivity contribution in [1.82, 2.24) is 0 Å². The van der Waals surface area contributed by atoms with Crippen LogP contribution in [0.3, 0.4) is 0 Å². The van der Waals surface area contributed by atoms with Gasteiger partial charge in [-0.15, -0.1) is 0 Å². The zero-order valence-corrected chi connectivity index (χ0v) is 14.1. The Balaban J connectivity index is 1.94. The first-order valence-electron chi connectivity index (χ1n) is 6.84. The monoisotopic (exact) mass is 330 g/mol. The molecule has 2 aromatic carbocycles. The topological polar surface area (TPSA) is 32.7 Å². The second kappa shape index (κ2) is 5.78. The molecule has 0 saturated heterocycles. The van der Waals surface area contributed by atoms with E-state index in [9.17, 15) is 4.79 Å². The highest BCUT2D eigenvalue weighted by molar-refractivity contribution is 8.16. The van der Waals surface area contributed by atoms with Crippen LogP contribution in [-0.2, 0) is 0 Å². The third kappa shape index (κ3) is 2.76. The lowest BCUT2D eigenvalue weighted by atomic mass is 10.1. The van der Waals surface area contributed by atoms with Crippen molar-refractivity contribution in [2.24, 2.45) is 4.99 Å². The zero-order valence-electron chi connectivity index (χ0n) is 12.6. The molecule has 0 atom stereocenters. The maximum Gasteiger partial charge on any atom is 0.219 e. The van der Waals surface area contributed by atoms with Crippen LogP contribution >= 0.6 is 23.4 Å². The Kier molecular flexibility index (Phi) is 3.98. The van der Waals surface area contributed by atoms with Crippen molar-refractivity contribution >= 4 is 45.6 Å². The molecular weight excluding hydrogens is 316 g/mol. The molecule has 0 spiro atoms. The first kappa shape index (κ1) is 15.1. The predicted molar refractivity (Wildman–Crippen MR) is 94.2 cm³/mol. The van der Waals surface area contributed by atoms with Crippen molar-refractivity contribution in [2.45, 2.75) is 11.8 Å². The minimum Gasteiger partial charge on any atom is -0.378 e. The molecule has 112 valence electrons. The number of anilines is 1. The van der Waals surface area contributed by atoms with Gasteiger partial charge < -0.3 is 4.90 Å². The summed E-state index contributed by atoms with van der Waals surface area (Å²) < 4.78 is 0. The van der Waals surface area contributed by atoms with E-state index in [-0.39, 0.29) is 5.78 Å². The van der Waals surface area contributed by atoms with E-state index < -0.39 is 0 Å². The van der Waals surface area contributed by atoms with Crippen LogP contribution in [0.15, 0.2) is 46.3 Å². The summed E-state index contributed by atoms with van der Waals surface area (Å²) in [4.78, 5) is 19.9. The van der Waals surface area contributed by atoms with Crippen LogP contribution in [0.4, 0.5) is 11.4 Å². The molecule has 0 aliphatic carbocycles. The average Bonchev–Trinajstić information content (AvgIpc) is 2.75. The molecule has 1 heterocycles. The molecule has 0 bridgehead atoms. The molecule has 0 aromatic heterocycles. The van der Waals surface area contributed by atoms with Crippen molar-refractivity contribution in [3.8, 4) is 0 Å². The molecule has 1 aliphatic heterocycles. The minimum atomic E-state index is -0.0224. The maximum absolute atomic E-state index is 12.5. The van der Waals surface area contributed by atoms with Gasteiger partial charge in [-0.05, 0) is 48.9 Å². The van der Waals surface area contributed by atoms with Crippen LogP contribution in [0, 0.1) is 6.92 Å². The van der Waals surface area contributed by atoms with Crippen molar-refractivity contribution < 1.29 is 4.79 Å². The number of fused-ring (bicyclic) bond motifs is 1. The summed E-state index contributed by atoms with van der Waals surface area (Å²) in [6, 6.07) is 11.4. The first-order valence-corrected chi connectivity index (χ1v) is 8.04. The molecule has 1 aliphatic rings. The van der Waals surface area contributed by atoms with Gasteiger partial charge in [-0.1, -0.05) is 23.4 Å². The van der Waals surface area contributed by atoms with E-state index >= 15 is 0 Å². The van der Waals surface area contributed by atoms with Gasteiger partial charge in [0.1, 0.15) is 5.04 Å². The predicted octanol–water partition coefficient (Wildman–Crippen LogP) is 4.73. The van der Waals surface area contributed by atoms with Crippen LogP contribution in [0.25, 0.3) is 0 Å². The molecule has 22 heavy (non-hydrogen) atoms. The van der Waals surface area contributed by atoms with Gasteiger partial charge in [0.25, 0.3) is 0 Å². The van der Waals surface area contributed by atoms with Gasteiger partial charge in [0.05, 0.1) is 5.69 Å². The molecule has 0 N–H and O–H groups in total. The van der Waals surface area contributed by atoms with E-state index in [4.69, 9.17) is 11.6 Å². The van der Waals surface area contributed by atoms with Gasteiger partial charge >= 0.3 is 0 Å². The van der Waals surface area contributed by atoms with Gasteiger partial charge in [-0.25, -0.2) is 4.99 Å². The number of halogens is 1. The van der Waals surface area contributed by atoms with E-state index in [0.717, 1.165) is 27.4 Å². The number of rotatable bonds is 2. The summed E-state index contributed by atoms with van der Waals surface area (Å²) in [6.45, 7) is 1.90. The Morgan fingerprint density at radius 1 is 1.14 bits per heavy atom. The summed E-state index contributed by atoms with van der Waals surface area (Å²) in [5, 5.41) is 1.14. The standard InChI is InChI=1S/C17H15ClN2OS/c1-10-8-11(18)9-14-15(10)16(21)17(22-14)19-12-4-6-13(7-5-12)20(2)3/h4-9H,1-3H3. The van der Waals surface area contributed by atoms with E-state index in [0.29, 0.717) is 10.1 Å². The largest absolute Gasteiger partial charge is 0.378 e. The third-order valence-corrected chi connectivity index (χ3v) is 4.72. The molecule has 2 aromatic rings. The normalized spacial score (nSPS) is 15.3. The molecule has 5 heteroatoms. The molecule has 0 radical (unpaired) electrons. The summed E-state index contributed by atoms with van der Waals surface area (Å²) in [5.41, 5.74) is 3.49. The van der Waals surface area contributed by atoms with Crippen LogP contribution in [0.5, 0.6) is 0 Å². The van der Waals surface area contributed by atoms with Gasteiger partial charge in [0.15, 0.2) is 0 Å². The lowest BCUT2D eigenvalue weighted by Gasteiger charge is -2.11. The highest BCUT2D eigenvalue weighted by atomic mass is 35.5. The fraction of sp³-hybridized carbons (Fsp3) is 0.176. The highest BCUT2D eigenvalue weighted by Crippen LogP contribution is 2.38. The molecule has 3 nitrogen and oxygen atoms in total. The van der Waals surface area contributed by atoms with Gasteiger partial charge in [0.2, 0.25) is 5.78 Å². The lowest BCUT2D eigenvalue weighted by Crippen LogP contribution is -2.08. The fourth-order valence-electron chi connectivity index (χ4n) is 2.36. The Morgan fingerprint density at radius 3 is 2.45 bits per heavy atom. The molecule has 0 amide bonds. The summed E-state index contributed by atoms with van der Waals surface area (Å²) in [7, 11) is 3.97. The summed E-state index contributed by atoms with van der Waals surface area (Å²) in [6.07, 6.45) is 0.